The van der Waals surface area contributed by atoms with Gasteiger partial charge in [0.25, 0.3) is 0 Å². The lowest BCUT2D eigenvalue weighted by atomic mass is 9.80. The molecule has 2 aromatic rings. The molecule has 32 heavy (non-hydrogen) atoms. The van der Waals surface area contributed by atoms with E-state index < -0.39 is 0 Å². The second kappa shape index (κ2) is 8.81. The molecule has 1 heterocycles. The number of hydrogen-bond acceptors (Lipinski definition) is 5. The van der Waals surface area contributed by atoms with Gasteiger partial charge in [-0.05, 0) is 55.0 Å². The Hall–Kier alpha value is -3.08. The normalized spacial score (nSPS) is 22.9. The summed E-state index contributed by atoms with van der Waals surface area (Å²) >= 11 is 0. The number of allylic oxidation sites excluding steroid dienone is 1. The molecule has 1 fully saturated rings. The van der Waals surface area contributed by atoms with Crippen LogP contribution in [0.3, 0.4) is 0 Å². The maximum absolute atomic E-state index is 13.0. The first-order valence-electron chi connectivity index (χ1n) is 11.2. The zero-order valence-corrected chi connectivity index (χ0v) is 19.1. The predicted octanol–water partition coefficient (Wildman–Crippen LogP) is 5.51. The first-order chi connectivity index (χ1) is 15.2. The molecule has 168 valence electrons. The highest BCUT2D eigenvalue weighted by atomic mass is 16.6. The van der Waals surface area contributed by atoms with E-state index in [0.717, 1.165) is 5.56 Å². The molecule has 1 saturated carbocycles. The summed E-state index contributed by atoms with van der Waals surface area (Å²) in [6.07, 6.45) is 2.56. The van der Waals surface area contributed by atoms with Crippen molar-refractivity contribution in [3.8, 4) is 5.75 Å². The Morgan fingerprint density at radius 3 is 2.50 bits per heavy atom. The molecule has 2 aromatic carbocycles. The van der Waals surface area contributed by atoms with E-state index in [1.165, 1.54) is 11.8 Å². The summed E-state index contributed by atoms with van der Waals surface area (Å²) < 4.78 is 17.4. The Morgan fingerprint density at radius 2 is 1.81 bits per heavy atom. The van der Waals surface area contributed by atoms with Crippen molar-refractivity contribution in [3.05, 3.63) is 77.2 Å². The lowest BCUT2D eigenvalue weighted by Gasteiger charge is -2.36. The molecule has 5 heteroatoms. The van der Waals surface area contributed by atoms with E-state index in [1.54, 1.807) is 6.07 Å². The molecule has 0 N–H and O–H groups in total. The van der Waals surface area contributed by atoms with Crippen LogP contribution in [0.1, 0.15) is 61.5 Å². The number of hydrogen-bond donors (Lipinski definition) is 0. The molecule has 0 bridgehead atoms. The molecule has 1 aliphatic carbocycles. The van der Waals surface area contributed by atoms with Crippen LogP contribution in [0.2, 0.25) is 0 Å². The summed E-state index contributed by atoms with van der Waals surface area (Å²) in [4.78, 5) is 25.5. The zero-order chi connectivity index (χ0) is 22.9. The number of aryl methyl sites for hydroxylation is 1. The fraction of sp³-hybridized carbons (Fsp3) is 0.407. The second-order valence-corrected chi connectivity index (χ2v) is 9.71. The number of benzene rings is 2. The number of esters is 1. The van der Waals surface area contributed by atoms with Crippen molar-refractivity contribution >= 4 is 11.8 Å². The van der Waals surface area contributed by atoms with Crippen LogP contribution in [-0.4, -0.2) is 24.0 Å². The average Bonchev–Trinajstić information content (AvgIpc) is 2.75. The molecule has 0 amide bonds. The molecular formula is C27H30O5. The van der Waals surface area contributed by atoms with E-state index >= 15 is 0 Å². The van der Waals surface area contributed by atoms with Gasteiger partial charge in [0.05, 0.1) is 11.5 Å². The Morgan fingerprint density at radius 1 is 1.06 bits per heavy atom. The molecule has 0 saturated heterocycles. The maximum atomic E-state index is 13.0. The molecule has 5 nitrogen and oxygen atoms in total. The Labute approximate surface area is 189 Å². The summed E-state index contributed by atoms with van der Waals surface area (Å²) in [6.45, 7) is 8.39. The third-order valence-electron chi connectivity index (χ3n) is 6.15. The van der Waals surface area contributed by atoms with Crippen molar-refractivity contribution in [1.29, 1.82) is 0 Å². The standard InChI is InChI=1S/C27H30O5/c1-17-6-5-7-18(14-17)26(29)32-21-12-13-22-23(15-21)30-16-24(25(22)28)31-20-10-8-19(9-11-20)27(2,3)4/h5-11,14,16,21-23H,12-13,15H2,1-4H3. The maximum Gasteiger partial charge on any atom is 0.338 e. The van der Waals surface area contributed by atoms with Gasteiger partial charge in [-0.3, -0.25) is 4.79 Å². The SMILES string of the molecule is Cc1cccc(C(=O)OC2CCC3C(=O)C(Oc4ccc(C(C)(C)C)cc4)=COC3C2)c1. The van der Waals surface area contributed by atoms with Gasteiger partial charge in [0.2, 0.25) is 11.5 Å². The van der Waals surface area contributed by atoms with Gasteiger partial charge in [-0.15, -0.1) is 0 Å². The highest BCUT2D eigenvalue weighted by Gasteiger charge is 2.42. The number of carbonyl (C=O) groups excluding carboxylic acids is 2. The zero-order valence-electron chi connectivity index (χ0n) is 19.1. The minimum atomic E-state index is -0.336. The third-order valence-corrected chi connectivity index (χ3v) is 6.15. The first-order valence-corrected chi connectivity index (χ1v) is 11.2. The van der Waals surface area contributed by atoms with Gasteiger partial charge < -0.3 is 14.2 Å². The van der Waals surface area contributed by atoms with Crippen molar-refractivity contribution in [1.82, 2.24) is 0 Å². The van der Waals surface area contributed by atoms with E-state index in [-0.39, 0.29) is 41.1 Å². The quantitative estimate of drug-likeness (QED) is 0.594. The molecule has 0 aromatic heterocycles. The van der Waals surface area contributed by atoms with Gasteiger partial charge in [0.1, 0.15) is 24.2 Å². The number of rotatable bonds is 4. The van der Waals surface area contributed by atoms with Crippen LogP contribution in [0.15, 0.2) is 60.6 Å². The van der Waals surface area contributed by atoms with Gasteiger partial charge in [-0.1, -0.05) is 50.6 Å². The van der Waals surface area contributed by atoms with Crippen molar-refractivity contribution in [2.75, 3.05) is 0 Å². The Kier molecular flexibility index (Phi) is 6.09. The van der Waals surface area contributed by atoms with Crippen molar-refractivity contribution in [2.24, 2.45) is 5.92 Å². The lowest BCUT2D eigenvalue weighted by molar-refractivity contribution is -0.132. The summed E-state index contributed by atoms with van der Waals surface area (Å²) in [6, 6.07) is 15.1. The summed E-state index contributed by atoms with van der Waals surface area (Å²) in [5.41, 5.74) is 2.80. The third kappa shape index (κ3) is 4.87. The van der Waals surface area contributed by atoms with Crippen LogP contribution in [0.5, 0.6) is 5.75 Å². The van der Waals surface area contributed by atoms with E-state index in [1.807, 2.05) is 49.4 Å². The summed E-state index contributed by atoms with van der Waals surface area (Å²) in [5.74, 6) is 0.172. The van der Waals surface area contributed by atoms with Crippen LogP contribution in [0.25, 0.3) is 0 Å². The molecule has 0 radical (unpaired) electrons. The lowest BCUT2D eigenvalue weighted by Crippen LogP contribution is -2.43. The molecule has 2 aliphatic rings. The largest absolute Gasteiger partial charge is 0.493 e. The van der Waals surface area contributed by atoms with Crippen molar-refractivity contribution in [2.45, 2.75) is 64.6 Å². The van der Waals surface area contributed by atoms with Crippen LogP contribution < -0.4 is 4.74 Å². The van der Waals surface area contributed by atoms with Gasteiger partial charge in [-0.2, -0.15) is 0 Å². The fourth-order valence-electron chi connectivity index (χ4n) is 4.26. The predicted molar refractivity (Wildman–Crippen MR) is 121 cm³/mol. The highest BCUT2D eigenvalue weighted by Crippen LogP contribution is 2.35. The van der Waals surface area contributed by atoms with Crippen LogP contribution in [0.4, 0.5) is 0 Å². The second-order valence-electron chi connectivity index (χ2n) is 9.71. The molecule has 3 unspecified atom stereocenters. The smallest absolute Gasteiger partial charge is 0.338 e. The van der Waals surface area contributed by atoms with E-state index in [0.29, 0.717) is 30.6 Å². The molecule has 1 aliphatic heterocycles. The van der Waals surface area contributed by atoms with Crippen molar-refractivity contribution < 1.29 is 23.8 Å². The monoisotopic (exact) mass is 434 g/mol. The Balaban J connectivity index is 1.37. The van der Waals surface area contributed by atoms with Gasteiger partial charge in [-0.25, -0.2) is 4.79 Å². The van der Waals surface area contributed by atoms with Crippen LogP contribution in [-0.2, 0) is 19.7 Å². The minimum Gasteiger partial charge on any atom is -0.493 e. The number of Topliss-reactive ketones (excluding diaryl/α,β-unsaturated/α-hetero) is 1. The minimum absolute atomic E-state index is 0.0513. The van der Waals surface area contributed by atoms with E-state index in [2.05, 4.69) is 20.8 Å². The van der Waals surface area contributed by atoms with Gasteiger partial charge >= 0.3 is 5.97 Å². The summed E-state index contributed by atoms with van der Waals surface area (Å²) in [7, 11) is 0. The molecule has 4 rings (SSSR count). The highest BCUT2D eigenvalue weighted by molar-refractivity contribution is 5.96. The van der Waals surface area contributed by atoms with E-state index in [4.69, 9.17) is 14.2 Å². The topological polar surface area (TPSA) is 61.8 Å². The fourth-order valence-corrected chi connectivity index (χ4v) is 4.26. The van der Waals surface area contributed by atoms with Crippen molar-refractivity contribution in [3.63, 3.8) is 0 Å². The molecule has 0 spiro atoms. The van der Waals surface area contributed by atoms with Gasteiger partial charge in [0.15, 0.2) is 0 Å². The molecule has 3 atom stereocenters. The number of ketones is 1. The first kappa shape index (κ1) is 22.1. The average molecular weight is 435 g/mol. The van der Waals surface area contributed by atoms with Gasteiger partial charge in [0, 0.05) is 6.42 Å². The summed E-state index contributed by atoms with van der Waals surface area (Å²) in [5, 5.41) is 0. The van der Waals surface area contributed by atoms with E-state index in [9.17, 15) is 9.59 Å². The number of ether oxygens (including phenoxy) is 3. The number of carbonyl (C=O) groups is 2. The Bertz CT molecular complexity index is 1030. The molecular weight excluding hydrogens is 404 g/mol. The van der Waals surface area contributed by atoms with Crippen LogP contribution in [0, 0.1) is 12.8 Å². The van der Waals surface area contributed by atoms with Crippen LogP contribution >= 0.6 is 0 Å². The number of fused-ring (bicyclic) bond motifs is 1.